The van der Waals surface area contributed by atoms with Crippen molar-refractivity contribution in [2.24, 2.45) is 0 Å². The van der Waals surface area contributed by atoms with Gasteiger partial charge in [0.05, 0.1) is 5.69 Å². The van der Waals surface area contributed by atoms with Gasteiger partial charge in [0.15, 0.2) is 5.82 Å². The highest BCUT2D eigenvalue weighted by Gasteiger charge is 2.09. The zero-order chi connectivity index (χ0) is 17.6. The number of pyridine rings is 2. The van der Waals surface area contributed by atoms with Gasteiger partial charge in [-0.1, -0.05) is 36.4 Å². The maximum atomic E-state index is 4.68. The van der Waals surface area contributed by atoms with Crippen LogP contribution in [0.25, 0.3) is 22.8 Å². The average molecular weight is 339 g/mol. The second-order valence-corrected chi connectivity index (χ2v) is 5.76. The monoisotopic (exact) mass is 339 g/mol. The average Bonchev–Trinajstić information content (AvgIpc) is 2.74. The largest absolute Gasteiger partial charge is 0.366 e. The fourth-order valence-corrected chi connectivity index (χ4v) is 2.60. The summed E-state index contributed by atoms with van der Waals surface area (Å²) in [4.78, 5) is 17.9. The summed E-state index contributed by atoms with van der Waals surface area (Å²) in [6.45, 7) is 0.686. The minimum absolute atomic E-state index is 0.586. The molecule has 0 aliphatic rings. The van der Waals surface area contributed by atoms with Crippen LogP contribution in [0.2, 0.25) is 0 Å². The molecule has 0 radical (unpaired) electrons. The van der Waals surface area contributed by atoms with Crippen molar-refractivity contribution >= 4 is 5.82 Å². The summed E-state index contributed by atoms with van der Waals surface area (Å²) in [5.74, 6) is 1.34. The number of nitrogens with one attached hydrogen (secondary N) is 1. The highest BCUT2D eigenvalue weighted by molar-refractivity contribution is 5.65. The summed E-state index contributed by atoms with van der Waals surface area (Å²) in [5.41, 5.74) is 3.67. The Morgan fingerprint density at radius 2 is 1.65 bits per heavy atom. The van der Waals surface area contributed by atoms with E-state index < -0.39 is 0 Å². The molecule has 126 valence electrons. The molecule has 0 bridgehead atoms. The molecule has 0 amide bonds. The zero-order valence-corrected chi connectivity index (χ0v) is 14.1. The Morgan fingerprint density at radius 1 is 0.769 bits per heavy atom. The van der Waals surface area contributed by atoms with Crippen molar-refractivity contribution in [2.45, 2.75) is 6.54 Å². The predicted molar refractivity (Wildman–Crippen MR) is 102 cm³/mol. The number of aromatic nitrogens is 4. The van der Waals surface area contributed by atoms with Crippen molar-refractivity contribution in [3.8, 4) is 22.8 Å². The Balaban J connectivity index is 1.70. The van der Waals surface area contributed by atoms with Gasteiger partial charge >= 0.3 is 0 Å². The van der Waals surface area contributed by atoms with Crippen LogP contribution >= 0.6 is 0 Å². The Kier molecular flexibility index (Phi) is 4.60. The molecule has 1 aromatic carbocycles. The molecule has 0 unspecified atom stereocenters. The summed E-state index contributed by atoms with van der Waals surface area (Å²) in [7, 11) is 0. The van der Waals surface area contributed by atoms with Crippen molar-refractivity contribution in [2.75, 3.05) is 5.32 Å². The molecular formula is C21H17N5. The highest BCUT2D eigenvalue weighted by atomic mass is 15.0. The van der Waals surface area contributed by atoms with Crippen LogP contribution in [0.15, 0.2) is 85.3 Å². The molecule has 0 fully saturated rings. The standard InChI is InChI=1S/C21H17N5/c1-2-7-16(8-3-1)14-24-20-13-19(17-9-6-11-22-15-17)25-21(26-20)18-10-4-5-12-23-18/h1-13,15H,14H2,(H,24,25,26). The van der Waals surface area contributed by atoms with Crippen molar-refractivity contribution in [3.63, 3.8) is 0 Å². The number of hydrogen-bond acceptors (Lipinski definition) is 5. The van der Waals surface area contributed by atoms with E-state index in [1.165, 1.54) is 5.56 Å². The summed E-state index contributed by atoms with van der Waals surface area (Å²) in [5, 5.41) is 3.38. The first-order chi connectivity index (χ1) is 12.9. The number of anilines is 1. The van der Waals surface area contributed by atoms with E-state index in [9.17, 15) is 0 Å². The van der Waals surface area contributed by atoms with Crippen LogP contribution in [0.5, 0.6) is 0 Å². The molecule has 4 rings (SSSR count). The van der Waals surface area contributed by atoms with E-state index in [-0.39, 0.29) is 0 Å². The number of rotatable bonds is 5. The van der Waals surface area contributed by atoms with Gasteiger partial charge in [0.25, 0.3) is 0 Å². The van der Waals surface area contributed by atoms with Crippen LogP contribution in [0.4, 0.5) is 5.82 Å². The Bertz CT molecular complexity index is 915. The second-order valence-electron chi connectivity index (χ2n) is 5.76. The minimum atomic E-state index is 0.586. The van der Waals surface area contributed by atoms with Gasteiger partial charge < -0.3 is 5.32 Å². The maximum absolute atomic E-state index is 4.68. The van der Waals surface area contributed by atoms with E-state index in [0.717, 1.165) is 22.8 Å². The second kappa shape index (κ2) is 7.53. The predicted octanol–water partition coefficient (Wildman–Crippen LogP) is 4.21. The van der Waals surface area contributed by atoms with Crippen molar-refractivity contribution in [1.29, 1.82) is 0 Å². The van der Waals surface area contributed by atoms with Crippen LogP contribution in [-0.2, 0) is 6.54 Å². The number of nitrogens with zero attached hydrogens (tertiary/aromatic N) is 4. The number of benzene rings is 1. The lowest BCUT2D eigenvalue weighted by Crippen LogP contribution is -2.04. The van der Waals surface area contributed by atoms with Gasteiger partial charge in [-0.25, -0.2) is 9.97 Å². The Hall–Kier alpha value is -3.60. The minimum Gasteiger partial charge on any atom is -0.366 e. The van der Waals surface area contributed by atoms with E-state index >= 15 is 0 Å². The Labute approximate surface area is 151 Å². The zero-order valence-electron chi connectivity index (χ0n) is 14.1. The molecule has 3 heterocycles. The van der Waals surface area contributed by atoms with Gasteiger partial charge in [-0.15, -0.1) is 0 Å². The molecule has 4 aromatic rings. The first-order valence-electron chi connectivity index (χ1n) is 8.37. The first kappa shape index (κ1) is 15.9. The topological polar surface area (TPSA) is 63.6 Å². The van der Waals surface area contributed by atoms with Gasteiger partial charge in [-0.2, -0.15) is 0 Å². The fraction of sp³-hybridized carbons (Fsp3) is 0.0476. The molecule has 5 nitrogen and oxygen atoms in total. The summed E-state index contributed by atoms with van der Waals surface area (Å²) in [6, 6.07) is 21.8. The Morgan fingerprint density at radius 3 is 2.42 bits per heavy atom. The number of hydrogen-bond donors (Lipinski definition) is 1. The molecule has 0 spiro atoms. The third-order valence-corrected chi connectivity index (χ3v) is 3.89. The lowest BCUT2D eigenvalue weighted by Gasteiger charge is -2.10. The maximum Gasteiger partial charge on any atom is 0.180 e. The lowest BCUT2D eigenvalue weighted by atomic mass is 10.2. The molecule has 3 aromatic heterocycles. The van der Waals surface area contributed by atoms with Crippen LogP contribution < -0.4 is 5.32 Å². The summed E-state index contributed by atoms with van der Waals surface area (Å²) >= 11 is 0. The van der Waals surface area contributed by atoms with E-state index in [4.69, 9.17) is 0 Å². The molecule has 26 heavy (non-hydrogen) atoms. The van der Waals surface area contributed by atoms with E-state index in [0.29, 0.717) is 12.4 Å². The SMILES string of the molecule is c1ccc(CNc2cc(-c3cccnc3)nc(-c3ccccn3)n2)cc1. The molecular weight excluding hydrogens is 322 g/mol. The first-order valence-corrected chi connectivity index (χ1v) is 8.37. The van der Waals surface area contributed by atoms with E-state index in [1.54, 1.807) is 18.6 Å². The highest BCUT2D eigenvalue weighted by Crippen LogP contribution is 2.23. The van der Waals surface area contributed by atoms with Crippen molar-refractivity contribution in [1.82, 2.24) is 19.9 Å². The van der Waals surface area contributed by atoms with Gasteiger partial charge in [-0.05, 0) is 29.8 Å². The molecule has 0 saturated carbocycles. The van der Waals surface area contributed by atoms with Crippen LogP contribution in [0, 0.1) is 0 Å². The third kappa shape index (κ3) is 3.72. The van der Waals surface area contributed by atoms with Crippen LogP contribution in [-0.4, -0.2) is 19.9 Å². The van der Waals surface area contributed by atoms with Gasteiger partial charge in [0.2, 0.25) is 0 Å². The van der Waals surface area contributed by atoms with Crippen LogP contribution in [0.3, 0.4) is 0 Å². The summed E-state index contributed by atoms with van der Waals surface area (Å²) < 4.78 is 0. The molecule has 5 heteroatoms. The van der Waals surface area contributed by atoms with E-state index in [2.05, 4.69) is 37.4 Å². The van der Waals surface area contributed by atoms with E-state index in [1.807, 2.05) is 54.6 Å². The van der Waals surface area contributed by atoms with Gasteiger partial charge in [0.1, 0.15) is 11.5 Å². The third-order valence-electron chi connectivity index (χ3n) is 3.89. The smallest absolute Gasteiger partial charge is 0.180 e. The normalized spacial score (nSPS) is 10.5. The molecule has 0 atom stereocenters. The van der Waals surface area contributed by atoms with Crippen molar-refractivity contribution < 1.29 is 0 Å². The molecule has 1 N–H and O–H groups in total. The van der Waals surface area contributed by atoms with Crippen LogP contribution in [0.1, 0.15) is 5.56 Å². The van der Waals surface area contributed by atoms with Gasteiger partial charge in [0, 0.05) is 36.8 Å². The fourth-order valence-electron chi connectivity index (χ4n) is 2.60. The van der Waals surface area contributed by atoms with Crippen molar-refractivity contribution in [3.05, 3.63) is 90.9 Å². The quantitative estimate of drug-likeness (QED) is 0.590. The summed E-state index contributed by atoms with van der Waals surface area (Å²) in [6.07, 6.45) is 5.29. The molecule has 0 aliphatic heterocycles. The molecule has 0 saturated heterocycles. The lowest BCUT2D eigenvalue weighted by molar-refractivity contribution is 1.08. The molecule has 0 aliphatic carbocycles. The van der Waals surface area contributed by atoms with Gasteiger partial charge in [-0.3, -0.25) is 9.97 Å².